The molecule has 3 aromatic rings. The van der Waals surface area contributed by atoms with Crippen molar-refractivity contribution in [1.29, 1.82) is 0 Å². The Morgan fingerprint density at radius 2 is 1.71 bits per heavy atom. The van der Waals surface area contributed by atoms with Crippen LogP contribution in [0.1, 0.15) is 0 Å². The third-order valence-corrected chi connectivity index (χ3v) is 3.58. The molecule has 0 aliphatic carbocycles. The van der Waals surface area contributed by atoms with Crippen LogP contribution in [0.5, 0.6) is 17.2 Å². The van der Waals surface area contributed by atoms with E-state index < -0.39 is 0 Å². The van der Waals surface area contributed by atoms with Gasteiger partial charge in [0.25, 0.3) is 0 Å². The van der Waals surface area contributed by atoms with Crippen LogP contribution in [0.4, 0.5) is 0 Å². The fourth-order valence-electron chi connectivity index (χ4n) is 2.47. The zero-order valence-corrected chi connectivity index (χ0v) is 12.0. The number of methoxy groups -OCH3 is 2. The summed E-state index contributed by atoms with van der Waals surface area (Å²) in [6.07, 6.45) is 0. The van der Waals surface area contributed by atoms with Gasteiger partial charge >= 0.3 is 0 Å². The molecule has 0 amide bonds. The molecular weight excluding hydrogens is 264 g/mol. The molecule has 3 rings (SSSR count). The fraction of sp³-hybridized carbons (Fsp3) is 0.111. The van der Waals surface area contributed by atoms with Crippen molar-refractivity contribution in [1.82, 2.24) is 0 Å². The number of phenolic OH excluding ortho intramolecular Hbond substituents is 1. The maximum atomic E-state index is 9.86. The van der Waals surface area contributed by atoms with Gasteiger partial charge in [-0.2, -0.15) is 0 Å². The van der Waals surface area contributed by atoms with E-state index in [2.05, 4.69) is 0 Å². The van der Waals surface area contributed by atoms with Gasteiger partial charge in [-0.1, -0.05) is 24.3 Å². The lowest BCUT2D eigenvalue weighted by molar-refractivity contribution is 0.395. The second-order valence-electron chi connectivity index (χ2n) is 4.78. The third kappa shape index (κ3) is 2.38. The van der Waals surface area contributed by atoms with Crippen LogP contribution in [-0.2, 0) is 0 Å². The molecule has 3 heteroatoms. The number of aromatic hydroxyl groups is 1. The minimum atomic E-state index is 0.292. The van der Waals surface area contributed by atoms with Gasteiger partial charge in [0.1, 0.15) is 17.2 Å². The van der Waals surface area contributed by atoms with E-state index in [0.29, 0.717) is 5.75 Å². The van der Waals surface area contributed by atoms with E-state index in [-0.39, 0.29) is 0 Å². The van der Waals surface area contributed by atoms with Gasteiger partial charge in [-0.05, 0) is 35.2 Å². The summed E-state index contributed by atoms with van der Waals surface area (Å²) < 4.78 is 10.7. The van der Waals surface area contributed by atoms with Crippen molar-refractivity contribution in [3.8, 4) is 28.4 Å². The van der Waals surface area contributed by atoms with Gasteiger partial charge in [0.05, 0.1) is 14.2 Å². The number of benzene rings is 3. The van der Waals surface area contributed by atoms with Gasteiger partial charge in [-0.3, -0.25) is 0 Å². The molecule has 3 nitrogen and oxygen atoms in total. The molecule has 21 heavy (non-hydrogen) atoms. The topological polar surface area (TPSA) is 38.7 Å². The highest BCUT2D eigenvalue weighted by molar-refractivity contribution is 5.92. The monoisotopic (exact) mass is 280 g/mol. The summed E-state index contributed by atoms with van der Waals surface area (Å²) in [7, 11) is 3.28. The second-order valence-corrected chi connectivity index (χ2v) is 4.78. The first-order chi connectivity index (χ1) is 10.2. The Morgan fingerprint density at radius 3 is 2.48 bits per heavy atom. The first-order valence-corrected chi connectivity index (χ1v) is 6.67. The molecule has 0 fully saturated rings. The van der Waals surface area contributed by atoms with Crippen LogP contribution < -0.4 is 9.47 Å². The predicted molar refractivity (Wildman–Crippen MR) is 84.2 cm³/mol. The summed E-state index contributed by atoms with van der Waals surface area (Å²) >= 11 is 0. The van der Waals surface area contributed by atoms with Crippen LogP contribution >= 0.6 is 0 Å². The van der Waals surface area contributed by atoms with Gasteiger partial charge in [0, 0.05) is 17.0 Å². The molecule has 106 valence electrons. The number of ether oxygens (including phenoxy) is 2. The van der Waals surface area contributed by atoms with Gasteiger partial charge in [0.2, 0.25) is 0 Å². The molecule has 0 atom stereocenters. The molecule has 0 aliphatic rings. The van der Waals surface area contributed by atoms with Crippen molar-refractivity contribution >= 4 is 10.8 Å². The lowest BCUT2D eigenvalue weighted by Gasteiger charge is -2.11. The van der Waals surface area contributed by atoms with E-state index in [1.807, 2.05) is 48.5 Å². The van der Waals surface area contributed by atoms with Gasteiger partial charge in [-0.25, -0.2) is 0 Å². The Labute approximate surface area is 123 Å². The van der Waals surface area contributed by atoms with E-state index >= 15 is 0 Å². The summed E-state index contributed by atoms with van der Waals surface area (Å²) in [5.74, 6) is 1.81. The Hall–Kier alpha value is -2.68. The van der Waals surface area contributed by atoms with Crippen LogP contribution in [0.25, 0.3) is 21.9 Å². The fourth-order valence-corrected chi connectivity index (χ4v) is 2.47. The van der Waals surface area contributed by atoms with E-state index in [1.165, 1.54) is 0 Å². The third-order valence-electron chi connectivity index (χ3n) is 3.58. The largest absolute Gasteiger partial charge is 0.507 e. The number of phenols is 1. The normalized spacial score (nSPS) is 10.6. The number of fused-ring (bicyclic) bond motifs is 1. The number of hydrogen-bond acceptors (Lipinski definition) is 3. The maximum Gasteiger partial charge on any atom is 0.130 e. The first kappa shape index (κ1) is 13.3. The SMILES string of the molecule is COc1ccc(-c2ccc3c(O)cccc3c2)c(OC)c1. The summed E-state index contributed by atoms with van der Waals surface area (Å²) in [5, 5.41) is 11.7. The molecule has 0 aliphatic heterocycles. The van der Waals surface area contributed by atoms with Crippen molar-refractivity contribution < 1.29 is 14.6 Å². The summed E-state index contributed by atoms with van der Waals surface area (Å²) in [5.41, 5.74) is 2.02. The molecular formula is C18H16O3. The van der Waals surface area contributed by atoms with Crippen molar-refractivity contribution in [2.45, 2.75) is 0 Å². The summed E-state index contributed by atoms with van der Waals surface area (Å²) in [6, 6.07) is 17.2. The smallest absolute Gasteiger partial charge is 0.130 e. The zero-order chi connectivity index (χ0) is 14.8. The molecule has 1 N–H and O–H groups in total. The minimum absolute atomic E-state index is 0.292. The van der Waals surface area contributed by atoms with Crippen molar-refractivity contribution in [3.05, 3.63) is 54.6 Å². The molecule has 0 aromatic heterocycles. The lowest BCUT2D eigenvalue weighted by atomic mass is 10.00. The first-order valence-electron chi connectivity index (χ1n) is 6.67. The van der Waals surface area contributed by atoms with Crippen molar-refractivity contribution in [2.75, 3.05) is 14.2 Å². The molecule has 0 radical (unpaired) electrons. The van der Waals surface area contributed by atoms with Crippen LogP contribution in [0.2, 0.25) is 0 Å². The highest BCUT2D eigenvalue weighted by Gasteiger charge is 2.09. The van der Waals surface area contributed by atoms with Crippen LogP contribution in [0, 0.1) is 0 Å². The minimum Gasteiger partial charge on any atom is -0.507 e. The van der Waals surface area contributed by atoms with Gasteiger partial charge < -0.3 is 14.6 Å². The van der Waals surface area contributed by atoms with Crippen LogP contribution in [-0.4, -0.2) is 19.3 Å². The average Bonchev–Trinajstić information content (AvgIpc) is 2.54. The molecule has 0 spiro atoms. The van der Waals surface area contributed by atoms with Gasteiger partial charge in [0.15, 0.2) is 0 Å². The lowest BCUT2D eigenvalue weighted by Crippen LogP contribution is -1.90. The van der Waals surface area contributed by atoms with Crippen molar-refractivity contribution in [3.63, 3.8) is 0 Å². The van der Waals surface area contributed by atoms with Gasteiger partial charge in [-0.15, -0.1) is 0 Å². The maximum absolute atomic E-state index is 9.86. The second kappa shape index (κ2) is 5.37. The van der Waals surface area contributed by atoms with E-state index in [1.54, 1.807) is 20.3 Å². The summed E-state index contributed by atoms with van der Waals surface area (Å²) in [6.45, 7) is 0. The Bertz CT molecular complexity index is 794. The molecule has 0 heterocycles. The molecule has 0 saturated heterocycles. The summed E-state index contributed by atoms with van der Waals surface area (Å²) in [4.78, 5) is 0. The standard InChI is InChI=1S/C18H16O3/c1-20-14-7-9-16(18(11-14)21-2)13-6-8-15-12(10-13)4-3-5-17(15)19/h3-11,19H,1-2H3. The Balaban J connectivity index is 2.16. The number of rotatable bonds is 3. The highest BCUT2D eigenvalue weighted by atomic mass is 16.5. The average molecular weight is 280 g/mol. The van der Waals surface area contributed by atoms with E-state index in [0.717, 1.165) is 33.4 Å². The number of hydrogen-bond donors (Lipinski definition) is 1. The zero-order valence-electron chi connectivity index (χ0n) is 12.0. The van der Waals surface area contributed by atoms with E-state index in [4.69, 9.17) is 9.47 Å². The molecule has 0 unspecified atom stereocenters. The van der Waals surface area contributed by atoms with E-state index in [9.17, 15) is 5.11 Å². The molecule has 0 saturated carbocycles. The van der Waals surface area contributed by atoms with Crippen molar-refractivity contribution in [2.24, 2.45) is 0 Å². The molecule has 0 bridgehead atoms. The van der Waals surface area contributed by atoms with Crippen LogP contribution in [0.15, 0.2) is 54.6 Å². The molecule has 3 aromatic carbocycles. The quantitative estimate of drug-likeness (QED) is 0.780. The Kier molecular flexibility index (Phi) is 3.40. The Morgan fingerprint density at radius 1 is 0.857 bits per heavy atom. The highest BCUT2D eigenvalue weighted by Crippen LogP contribution is 2.35. The van der Waals surface area contributed by atoms with Crippen LogP contribution in [0.3, 0.4) is 0 Å². The predicted octanol–water partition coefficient (Wildman–Crippen LogP) is 4.23.